The number of hydrogen-bond acceptors (Lipinski definition) is 5. The third-order valence-corrected chi connectivity index (χ3v) is 5.91. The van der Waals surface area contributed by atoms with Crippen LogP contribution in [0.25, 0.3) is 0 Å². The molecule has 1 unspecified atom stereocenters. The van der Waals surface area contributed by atoms with Crippen molar-refractivity contribution in [3.8, 4) is 0 Å². The Hall–Kier alpha value is -1.38. The average molecular weight is 410 g/mol. The SMILES string of the molecule is CCNC(=NCCCOCC1CCOC1)N1CCN(CC(=O)N2CCCC2)CC1. The van der Waals surface area contributed by atoms with Crippen LogP contribution in [-0.4, -0.2) is 112 Å². The lowest BCUT2D eigenvalue weighted by Gasteiger charge is -2.36. The van der Waals surface area contributed by atoms with Gasteiger partial charge in [-0.3, -0.25) is 14.7 Å². The topological polar surface area (TPSA) is 69.6 Å². The van der Waals surface area contributed by atoms with E-state index in [2.05, 4.69) is 22.0 Å². The molecule has 0 aromatic carbocycles. The highest BCUT2D eigenvalue weighted by Crippen LogP contribution is 2.12. The molecule has 0 bridgehead atoms. The third-order valence-electron chi connectivity index (χ3n) is 5.91. The Morgan fingerprint density at radius 1 is 1.14 bits per heavy atom. The highest BCUT2D eigenvalue weighted by Gasteiger charge is 2.24. The Kier molecular flexibility index (Phi) is 9.50. The molecule has 3 saturated heterocycles. The van der Waals surface area contributed by atoms with Gasteiger partial charge in [0, 0.05) is 71.5 Å². The second-order valence-corrected chi connectivity index (χ2v) is 8.24. The molecule has 0 radical (unpaired) electrons. The van der Waals surface area contributed by atoms with Gasteiger partial charge < -0.3 is 24.6 Å². The predicted octanol–water partition coefficient (Wildman–Crippen LogP) is 0.635. The van der Waals surface area contributed by atoms with Gasteiger partial charge in [-0.25, -0.2) is 0 Å². The van der Waals surface area contributed by atoms with Gasteiger partial charge in [0.15, 0.2) is 5.96 Å². The molecule has 3 heterocycles. The molecule has 0 aliphatic carbocycles. The number of piperazine rings is 1. The fourth-order valence-electron chi connectivity index (χ4n) is 4.12. The molecule has 1 amide bonds. The van der Waals surface area contributed by atoms with Gasteiger partial charge in [-0.05, 0) is 32.6 Å². The highest BCUT2D eigenvalue weighted by atomic mass is 16.5. The Balaban J connectivity index is 1.33. The van der Waals surface area contributed by atoms with Crippen LogP contribution >= 0.6 is 0 Å². The lowest BCUT2D eigenvalue weighted by Crippen LogP contribution is -2.54. The monoisotopic (exact) mass is 409 g/mol. The van der Waals surface area contributed by atoms with Gasteiger partial charge in [-0.1, -0.05) is 0 Å². The molecule has 3 aliphatic heterocycles. The van der Waals surface area contributed by atoms with E-state index in [-0.39, 0.29) is 0 Å². The Labute approximate surface area is 175 Å². The van der Waals surface area contributed by atoms with E-state index in [9.17, 15) is 4.79 Å². The van der Waals surface area contributed by atoms with Gasteiger partial charge in [0.1, 0.15) is 0 Å². The zero-order valence-corrected chi connectivity index (χ0v) is 18.1. The third kappa shape index (κ3) is 7.42. The minimum absolute atomic E-state index is 0.292. The number of carbonyl (C=O) groups excluding carboxylic acids is 1. The van der Waals surface area contributed by atoms with Crippen molar-refractivity contribution in [2.45, 2.75) is 32.6 Å². The maximum Gasteiger partial charge on any atom is 0.236 e. The van der Waals surface area contributed by atoms with Crippen molar-refractivity contribution in [1.29, 1.82) is 0 Å². The van der Waals surface area contributed by atoms with Gasteiger partial charge in [0.05, 0.1) is 19.8 Å². The molecule has 1 N–H and O–H groups in total. The summed E-state index contributed by atoms with van der Waals surface area (Å²) in [6, 6.07) is 0. The van der Waals surface area contributed by atoms with Crippen molar-refractivity contribution >= 4 is 11.9 Å². The van der Waals surface area contributed by atoms with Gasteiger partial charge >= 0.3 is 0 Å². The van der Waals surface area contributed by atoms with Crippen molar-refractivity contribution in [1.82, 2.24) is 20.0 Å². The number of ether oxygens (including phenoxy) is 2. The van der Waals surface area contributed by atoms with Gasteiger partial charge in [-0.15, -0.1) is 0 Å². The van der Waals surface area contributed by atoms with Crippen LogP contribution < -0.4 is 5.32 Å². The summed E-state index contributed by atoms with van der Waals surface area (Å²) >= 11 is 0. The molecule has 8 nitrogen and oxygen atoms in total. The van der Waals surface area contributed by atoms with E-state index < -0.39 is 0 Å². The van der Waals surface area contributed by atoms with Crippen molar-refractivity contribution < 1.29 is 14.3 Å². The summed E-state index contributed by atoms with van der Waals surface area (Å²) in [7, 11) is 0. The van der Waals surface area contributed by atoms with Crippen molar-refractivity contribution in [2.75, 3.05) is 85.3 Å². The second-order valence-electron chi connectivity index (χ2n) is 8.24. The number of likely N-dealkylation sites (tertiary alicyclic amines) is 1. The van der Waals surface area contributed by atoms with E-state index in [1.165, 1.54) is 0 Å². The quantitative estimate of drug-likeness (QED) is 0.342. The summed E-state index contributed by atoms with van der Waals surface area (Å²) in [6.45, 7) is 13.1. The molecular formula is C21H39N5O3. The van der Waals surface area contributed by atoms with Crippen LogP contribution in [0, 0.1) is 5.92 Å². The molecule has 3 rings (SSSR count). The zero-order chi connectivity index (χ0) is 20.3. The first-order valence-corrected chi connectivity index (χ1v) is 11.4. The first-order chi connectivity index (χ1) is 14.3. The minimum atomic E-state index is 0.292. The predicted molar refractivity (Wildman–Crippen MR) is 114 cm³/mol. The molecule has 0 aromatic heterocycles. The van der Waals surface area contributed by atoms with Crippen LogP contribution in [0.4, 0.5) is 0 Å². The summed E-state index contributed by atoms with van der Waals surface area (Å²) in [4.78, 5) is 23.8. The fraction of sp³-hybridized carbons (Fsp3) is 0.905. The number of amides is 1. The summed E-state index contributed by atoms with van der Waals surface area (Å²) < 4.78 is 11.1. The highest BCUT2D eigenvalue weighted by molar-refractivity contribution is 5.80. The molecule has 3 fully saturated rings. The smallest absolute Gasteiger partial charge is 0.236 e. The van der Waals surface area contributed by atoms with Gasteiger partial charge in [-0.2, -0.15) is 0 Å². The summed E-state index contributed by atoms with van der Waals surface area (Å²) in [5, 5.41) is 3.41. The van der Waals surface area contributed by atoms with E-state index in [1.54, 1.807) is 0 Å². The molecule has 0 saturated carbocycles. The maximum atomic E-state index is 12.4. The molecule has 166 valence electrons. The number of nitrogens with zero attached hydrogens (tertiary/aromatic N) is 4. The van der Waals surface area contributed by atoms with Crippen LogP contribution in [0.1, 0.15) is 32.6 Å². The number of carbonyl (C=O) groups is 1. The first-order valence-electron chi connectivity index (χ1n) is 11.4. The Morgan fingerprint density at radius 2 is 1.93 bits per heavy atom. The minimum Gasteiger partial charge on any atom is -0.381 e. The first kappa shape index (κ1) is 22.3. The summed E-state index contributed by atoms with van der Waals surface area (Å²) in [5.41, 5.74) is 0. The average Bonchev–Trinajstić information content (AvgIpc) is 3.44. The van der Waals surface area contributed by atoms with E-state index >= 15 is 0 Å². The molecule has 0 spiro atoms. The fourth-order valence-corrected chi connectivity index (χ4v) is 4.12. The van der Waals surface area contributed by atoms with E-state index in [0.29, 0.717) is 18.4 Å². The number of nitrogens with one attached hydrogen (secondary N) is 1. The summed E-state index contributed by atoms with van der Waals surface area (Å²) in [5.74, 6) is 1.85. The zero-order valence-electron chi connectivity index (χ0n) is 18.1. The van der Waals surface area contributed by atoms with E-state index in [1.807, 2.05) is 4.90 Å². The lowest BCUT2D eigenvalue weighted by atomic mass is 10.1. The summed E-state index contributed by atoms with van der Waals surface area (Å²) in [6.07, 6.45) is 4.37. The largest absolute Gasteiger partial charge is 0.381 e. The molecule has 0 aromatic rings. The van der Waals surface area contributed by atoms with Gasteiger partial charge in [0.25, 0.3) is 0 Å². The van der Waals surface area contributed by atoms with Crippen molar-refractivity contribution in [3.05, 3.63) is 0 Å². The number of rotatable bonds is 9. The molecule has 1 atom stereocenters. The number of aliphatic imine (C=N–C) groups is 1. The molecule has 8 heteroatoms. The van der Waals surface area contributed by atoms with Crippen LogP contribution in [0.15, 0.2) is 4.99 Å². The standard InChI is InChI=1S/C21H39N5O3/c1-2-22-21(23-7-5-14-28-17-19-6-15-29-18-19)26-12-10-24(11-13-26)16-20(27)25-8-3-4-9-25/h19H,2-18H2,1H3,(H,22,23). The van der Waals surface area contributed by atoms with Crippen LogP contribution in [0.5, 0.6) is 0 Å². The maximum absolute atomic E-state index is 12.4. The number of guanidine groups is 1. The Bertz CT molecular complexity index is 510. The van der Waals surface area contributed by atoms with E-state index in [4.69, 9.17) is 14.5 Å². The Morgan fingerprint density at radius 3 is 2.62 bits per heavy atom. The van der Waals surface area contributed by atoms with E-state index in [0.717, 1.165) is 110 Å². The second kappa shape index (κ2) is 12.3. The van der Waals surface area contributed by atoms with Crippen molar-refractivity contribution in [3.63, 3.8) is 0 Å². The molecular weight excluding hydrogens is 370 g/mol. The molecule has 29 heavy (non-hydrogen) atoms. The van der Waals surface area contributed by atoms with Crippen LogP contribution in [0.2, 0.25) is 0 Å². The number of hydrogen-bond donors (Lipinski definition) is 1. The normalized spacial score (nSPS) is 23.8. The van der Waals surface area contributed by atoms with Gasteiger partial charge in [0.2, 0.25) is 5.91 Å². The lowest BCUT2D eigenvalue weighted by molar-refractivity contribution is -0.131. The van der Waals surface area contributed by atoms with Crippen molar-refractivity contribution in [2.24, 2.45) is 10.9 Å². The van der Waals surface area contributed by atoms with Crippen LogP contribution in [0.3, 0.4) is 0 Å². The molecule has 3 aliphatic rings. The van der Waals surface area contributed by atoms with Crippen LogP contribution in [-0.2, 0) is 14.3 Å².